The average Bonchev–Trinajstić information content (AvgIpc) is 2.87. The fraction of sp³-hybridized carbons (Fsp3) is 0.125. The number of methoxy groups -OCH3 is 1. The largest absolute Gasteiger partial charge is 0.497 e. The minimum atomic E-state index is 0.546. The fourth-order valence-electron chi connectivity index (χ4n) is 1.99. The molecule has 0 unspecified atom stereocenters. The van der Waals surface area contributed by atoms with E-state index in [4.69, 9.17) is 21.1 Å². The summed E-state index contributed by atoms with van der Waals surface area (Å²) in [7, 11) is 1.65. The lowest BCUT2D eigenvalue weighted by atomic mass is 10.2. The van der Waals surface area contributed by atoms with Crippen LogP contribution in [0.4, 0.5) is 0 Å². The van der Waals surface area contributed by atoms with E-state index in [1.54, 1.807) is 18.4 Å². The van der Waals surface area contributed by atoms with Gasteiger partial charge in [-0.15, -0.1) is 11.3 Å². The van der Waals surface area contributed by atoms with Crippen LogP contribution < -0.4 is 9.47 Å². The highest BCUT2D eigenvalue weighted by Crippen LogP contribution is 2.29. The Labute approximate surface area is 126 Å². The molecule has 0 N–H and O–H groups in total. The molecule has 1 heterocycles. The summed E-state index contributed by atoms with van der Waals surface area (Å²) in [5.41, 5.74) is 0. The first-order valence-corrected chi connectivity index (χ1v) is 7.39. The number of hydrogen-bond acceptors (Lipinski definition) is 3. The van der Waals surface area contributed by atoms with Crippen molar-refractivity contribution in [3.63, 3.8) is 0 Å². The van der Waals surface area contributed by atoms with Gasteiger partial charge in [0, 0.05) is 20.7 Å². The van der Waals surface area contributed by atoms with E-state index < -0.39 is 0 Å². The molecule has 0 amide bonds. The Morgan fingerprint density at radius 1 is 1.05 bits per heavy atom. The van der Waals surface area contributed by atoms with E-state index in [9.17, 15) is 0 Å². The molecule has 0 fully saturated rings. The van der Waals surface area contributed by atoms with Gasteiger partial charge in [-0.3, -0.25) is 0 Å². The second-order valence-corrected chi connectivity index (χ2v) is 5.97. The third-order valence-corrected chi connectivity index (χ3v) is 4.28. The molecule has 3 aromatic rings. The molecule has 0 atom stereocenters. The molecule has 4 heteroatoms. The van der Waals surface area contributed by atoms with Crippen LogP contribution in [0.15, 0.2) is 48.5 Å². The highest BCUT2D eigenvalue weighted by Gasteiger charge is 2.04. The van der Waals surface area contributed by atoms with Crippen molar-refractivity contribution in [1.29, 1.82) is 0 Å². The normalized spacial score (nSPS) is 10.7. The van der Waals surface area contributed by atoms with E-state index in [0.29, 0.717) is 6.61 Å². The van der Waals surface area contributed by atoms with E-state index in [1.807, 2.05) is 42.5 Å². The summed E-state index contributed by atoms with van der Waals surface area (Å²) in [5, 5.41) is 1.92. The SMILES string of the molecule is COc1cccc(OCc2cc3cc(Cl)ccc3s2)c1. The molecule has 2 aromatic carbocycles. The summed E-state index contributed by atoms with van der Waals surface area (Å²) in [5.74, 6) is 1.60. The quantitative estimate of drug-likeness (QED) is 0.664. The van der Waals surface area contributed by atoms with E-state index in [0.717, 1.165) is 21.9 Å². The molecule has 102 valence electrons. The highest BCUT2D eigenvalue weighted by molar-refractivity contribution is 7.19. The summed E-state index contributed by atoms with van der Waals surface area (Å²) < 4.78 is 12.2. The molecule has 0 radical (unpaired) electrons. The lowest BCUT2D eigenvalue weighted by Crippen LogP contribution is -1.93. The Morgan fingerprint density at radius 3 is 2.75 bits per heavy atom. The maximum Gasteiger partial charge on any atom is 0.123 e. The molecular weight excluding hydrogens is 292 g/mol. The van der Waals surface area contributed by atoms with Crippen molar-refractivity contribution in [2.45, 2.75) is 6.61 Å². The lowest BCUT2D eigenvalue weighted by Gasteiger charge is -2.06. The van der Waals surface area contributed by atoms with Crippen LogP contribution in [-0.4, -0.2) is 7.11 Å². The maximum absolute atomic E-state index is 5.99. The van der Waals surface area contributed by atoms with Gasteiger partial charge in [0.2, 0.25) is 0 Å². The second-order valence-electron chi connectivity index (χ2n) is 4.36. The van der Waals surface area contributed by atoms with E-state index in [2.05, 4.69) is 6.07 Å². The summed E-state index contributed by atoms with van der Waals surface area (Å²) >= 11 is 7.71. The van der Waals surface area contributed by atoms with Crippen LogP contribution in [0, 0.1) is 0 Å². The summed E-state index contributed by atoms with van der Waals surface area (Å²) in [6, 6.07) is 15.7. The van der Waals surface area contributed by atoms with Crippen LogP contribution in [0.5, 0.6) is 11.5 Å². The Kier molecular flexibility index (Phi) is 3.81. The lowest BCUT2D eigenvalue weighted by molar-refractivity contribution is 0.307. The van der Waals surface area contributed by atoms with Crippen molar-refractivity contribution in [3.05, 3.63) is 58.4 Å². The van der Waals surface area contributed by atoms with Gasteiger partial charge < -0.3 is 9.47 Å². The predicted molar refractivity (Wildman–Crippen MR) is 84.2 cm³/mol. The summed E-state index contributed by atoms with van der Waals surface area (Å²) in [4.78, 5) is 1.17. The minimum Gasteiger partial charge on any atom is -0.497 e. The third kappa shape index (κ3) is 2.89. The first kappa shape index (κ1) is 13.3. The summed E-state index contributed by atoms with van der Waals surface area (Å²) in [6.45, 7) is 0.546. The second kappa shape index (κ2) is 5.73. The zero-order valence-electron chi connectivity index (χ0n) is 10.9. The number of rotatable bonds is 4. The number of thiophene rings is 1. The number of ether oxygens (including phenoxy) is 2. The monoisotopic (exact) mass is 304 g/mol. The van der Waals surface area contributed by atoms with Crippen LogP contribution in [0.25, 0.3) is 10.1 Å². The van der Waals surface area contributed by atoms with Crippen molar-refractivity contribution in [3.8, 4) is 11.5 Å². The number of hydrogen-bond donors (Lipinski definition) is 0. The fourth-order valence-corrected chi connectivity index (χ4v) is 3.12. The van der Waals surface area contributed by atoms with Gasteiger partial charge in [-0.25, -0.2) is 0 Å². The van der Waals surface area contributed by atoms with E-state index in [1.165, 1.54) is 9.58 Å². The Morgan fingerprint density at radius 2 is 1.90 bits per heavy atom. The highest BCUT2D eigenvalue weighted by atomic mass is 35.5. The molecule has 0 saturated heterocycles. The number of halogens is 1. The molecule has 1 aromatic heterocycles. The van der Waals surface area contributed by atoms with Crippen molar-refractivity contribution >= 4 is 33.0 Å². The molecule has 0 aliphatic carbocycles. The van der Waals surface area contributed by atoms with Crippen molar-refractivity contribution in [2.75, 3.05) is 7.11 Å². The molecule has 3 rings (SSSR count). The molecule has 0 spiro atoms. The molecule has 20 heavy (non-hydrogen) atoms. The third-order valence-electron chi connectivity index (χ3n) is 2.95. The van der Waals surface area contributed by atoms with E-state index >= 15 is 0 Å². The number of fused-ring (bicyclic) bond motifs is 1. The van der Waals surface area contributed by atoms with Crippen LogP contribution in [-0.2, 0) is 6.61 Å². The van der Waals surface area contributed by atoms with Gasteiger partial charge in [0.1, 0.15) is 18.1 Å². The van der Waals surface area contributed by atoms with Gasteiger partial charge in [-0.2, -0.15) is 0 Å². The zero-order valence-corrected chi connectivity index (χ0v) is 12.5. The molecule has 0 bridgehead atoms. The van der Waals surface area contributed by atoms with E-state index in [-0.39, 0.29) is 0 Å². The van der Waals surface area contributed by atoms with Gasteiger partial charge >= 0.3 is 0 Å². The maximum atomic E-state index is 5.99. The Hall–Kier alpha value is -1.71. The van der Waals surface area contributed by atoms with Crippen LogP contribution in [0.2, 0.25) is 5.02 Å². The van der Waals surface area contributed by atoms with Crippen LogP contribution >= 0.6 is 22.9 Å². The van der Waals surface area contributed by atoms with Crippen LogP contribution in [0.1, 0.15) is 4.88 Å². The Balaban J connectivity index is 1.76. The molecular formula is C16H13ClO2S. The summed E-state index contributed by atoms with van der Waals surface area (Å²) in [6.07, 6.45) is 0. The van der Waals surface area contributed by atoms with Crippen molar-refractivity contribution in [1.82, 2.24) is 0 Å². The average molecular weight is 305 g/mol. The van der Waals surface area contributed by atoms with Gasteiger partial charge in [0.25, 0.3) is 0 Å². The smallest absolute Gasteiger partial charge is 0.123 e. The van der Waals surface area contributed by atoms with Crippen molar-refractivity contribution in [2.24, 2.45) is 0 Å². The van der Waals surface area contributed by atoms with Gasteiger partial charge in [-0.1, -0.05) is 17.7 Å². The standard InChI is InChI=1S/C16H13ClO2S/c1-18-13-3-2-4-14(9-13)19-10-15-8-11-7-12(17)5-6-16(11)20-15/h2-9H,10H2,1H3. The van der Waals surface area contributed by atoms with Gasteiger partial charge in [0.05, 0.1) is 7.11 Å². The van der Waals surface area contributed by atoms with Crippen molar-refractivity contribution < 1.29 is 9.47 Å². The molecule has 0 aliphatic rings. The minimum absolute atomic E-state index is 0.546. The molecule has 0 aliphatic heterocycles. The van der Waals surface area contributed by atoms with Gasteiger partial charge in [-0.05, 0) is 41.8 Å². The molecule has 2 nitrogen and oxygen atoms in total. The molecule has 0 saturated carbocycles. The van der Waals surface area contributed by atoms with Gasteiger partial charge in [0.15, 0.2) is 0 Å². The predicted octanol–water partition coefficient (Wildman–Crippen LogP) is 5.14. The van der Waals surface area contributed by atoms with Crippen LogP contribution in [0.3, 0.4) is 0 Å². The first-order chi connectivity index (χ1) is 9.74. The topological polar surface area (TPSA) is 18.5 Å². The Bertz CT molecular complexity index is 736. The zero-order chi connectivity index (χ0) is 13.9. The first-order valence-electron chi connectivity index (χ1n) is 6.19. The number of benzene rings is 2.